The second-order valence-electron chi connectivity index (χ2n) is 6.00. The SMILES string of the molecule is CCCC[S+]1CCCC1c1ccc(OC)cc1OC.F[P-](F)(F)(F)(F)F. The Morgan fingerprint density at radius 2 is 1.69 bits per heavy atom. The summed E-state index contributed by atoms with van der Waals surface area (Å²) in [6.45, 7) is 2.28. The fraction of sp³-hybridized carbons (Fsp3) is 0.625. The molecular weight excluding hydrogens is 401 g/mol. The molecule has 2 nitrogen and oxygen atoms in total. The number of halogens is 6. The van der Waals surface area contributed by atoms with Crippen molar-refractivity contribution in [2.24, 2.45) is 0 Å². The Bertz CT molecular complexity index is 582. The van der Waals surface area contributed by atoms with Crippen LogP contribution in [0.5, 0.6) is 11.5 Å². The minimum absolute atomic E-state index is 0.543. The van der Waals surface area contributed by atoms with E-state index in [0.717, 1.165) is 11.5 Å². The van der Waals surface area contributed by atoms with Crippen LogP contribution in [-0.2, 0) is 10.9 Å². The number of rotatable bonds is 6. The molecule has 0 aliphatic carbocycles. The number of unbranched alkanes of at least 4 members (excludes halogenated alkanes) is 1. The first-order chi connectivity index (χ1) is 11.7. The van der Waals surface area contributed by atoms with Crippen LogP contribution in [0.1, 0.15) is 43.4 Å². The molecule has 0 saturated carbocycles. The summed E-state index contributed by atoms with van der Waals surface area (Å²) < 4.78 is 70.1. The van der Waals surface area contributed by atoms with Gasteiger partial charge in [0.15, 0.2) is 0 Å². The van der Waals surface area contributed by atoms with E-state index in [4.69, 9.17) is 9.47 Å². The van der Waals surface area contributed by atoms with Crippen molar-refractivity contribution in [3.8, 4) is 11.5 Å². The molecule has 1 fully saturated rings. The van der Waals surface area contributed by atoms with Crippen LogP contribution in [0, 0.1) is 0 Å². The van der Waals surface area contributed by atoms with E-state index in [9.17, 15) is 25.2 Å². The molecule has 1 aromatic rings. The standard InChI is InChI=1S/C16H25O2S.F6P/c1-4-5-10-19-11-6-7-16(19)14-9-8-13(17-2)12-15(14)18-3;1-7(2,3,4,5)6/h8-9,12,16H,4-7,10-11H2,1-3H3;/q+1;-1. The quantitative estimate of drug-likeness (QED) is 0.269. The van der Waals surface area contributed by atoms with E-state index in [1.54, 1.807) is 14.2 Å². The maximum atomic E-state index is 9.87. The summed E-state index contributed by atoms with van der Waals surface area (Å²) in [5.74, 6) is 4.67. The molecule has 2 unspecified atom stereocenters. The molecule has 0 bridgehead atoms. The van der Waals surface area contributed by atoms with Crippen molar-refractivity contribution in [1.29, 1.82) is 0 Å². The fourth-order valence-corrected chi connectivity index (χ4v) is 5.78. The third-order valence-corrected chi connectivity index (χ3v) is 6.74. The van der Waals surface area contributed by atoms with Crippen molar-refractivity contribution >= 4 is 18.7 Å². The molecule has 0 amide bonds. The van der Waals surface area contributed by atoms with Gasteiger partial charge in [-0.1, -0.05) is 13.3 Å². The number of ether oxygens (including phenoxy) is 2. The van der Waals surface area contributed by atoms with E-state index in [0.29, 0.717) is 16.1 Å². The Kier molecular flexibility index (Phi) is 7.19. The van der Waals surface area contributed by atoms with Gasteiger partial charge in [-0.05, 0) is 35.9 Å². The summed E-state index contributed by atoms with van der Waals surface area (Å²) in [6, 6.07) is 6.30. The van der Waals surface area contributed by atoms with Gasteiger partial charge in [0.1, 0.15) is 28.3 Å². The second kappa shape index (κ2) is 8.05. The van der Waals surface area contributed by atoms with Gasteiger partial charge in [0.05, 0.1) is 14.2 Å². The van der Waals surface area contributed by atoms with Gasteiger partial charge in [-0.3, -0.25) is 0 Å². The number of hydrogen-bond acceptors (Lipinski definition) is 2. The molecule has 10 heteroatoms. The summed E-state index contributed by atoms with van der Waals surface area (Å²) in [5, 5.41) is 0.701. The number of hydrogen-bond donors (Lipinski definition) is 0. The van der Waals surface area contributed by atoms with Gasteiger partial charge in [0.25, 0.3) is 0 Å². The molecule has 1 aliphatic heterocycles. The van der Waals surface area contributed by atoms with Crippen LogP contribution in [-0.4, -0.2) is 25.7 Å². The van der Waals surface area contributed by atoms with Crippen LogP contribution in [0.4, 0.5) is 25.2 Å². The Hall–Kier alpha value is -0.820. The predicted octanol–water partition coefficient (Wildman–Crippen LogP) is 7.34. The van der Waals surface area contributed by atoms with Crippen LogP contribution in [0.3, 0.4) is 0 Å². The number of methoxy groups -OCH3 is 2. The molecule has 2 rings (SSSR count). The topological polar surface area (TPSA) is 18.5 Å². The second-order valence-corrected chi connectivity index (χ2v) is 10.4. The zero-order valence-electron chi connectivity index (χ0n) is 15.0. The van der Waals surface area contributed by atoms with Crippen molar-refractivity contribution in [3.05, 3.63) is 23.8 Å². The zero-order valence-corrected chi connectivity index (χ0v) is 16.7. The van der Waals surface area contributed by atoms with E-state index in [2.05, 4.69) is 19.1 Å². The predicted molar refractivity (Wildman–Crippen MR) is 97.1 cm³/mol. The molecule has 154 valence electrons. The molecular formula is C16H25F6O2PS. The molecule has 26 heavy (non-hydrogen) atoms. The maximum absolute atomic E-state index is 10.7. The first-order valence-corrected chi connectivity index (χ1v) is 11.8. The molecule has 2 atom stereocenters. The Balaban J connectivity index is 0.000000412. The Labute approximate surface area is 152 Å². The Morgan fingerprint density at radius 3 is 2.19 bits per heavy atom. The molecule has 1 aromatic carbocycles. The molecule has 1 heterocycles. The molecule has 1 aliphatic rings. The number of benzene rings is 1. The van der Waals surface area contributed by atoms with Crippen LogP contribution in [0.25, 0.3) is 0 Å². The normalized spacial score (nSPS) is 22.7. The third-order valence-electron chi connectivity index (χ3n) is 3.82. The third kappa shape index (κ3) is 9.76. The molecule has 0 aromatic heterocycles. The van der Waals surface area contributed by atoms with Gasteiger partial charge in [0.2, 0.25) is 0 Å². The van der Waals surface area contributed by atoms with Crippen molar-refractivity contribution in [2.75, 3.05) is 25.7 Å². The molecule has 0 spiro atoms. The van der Waals surface area contributed by atoms with Gasteiger partial charge in [-0.15, -0.1) is 0 Å². The minimum atomic E-state index is -10.7. The van der Waals surface area contributed by atoms with Crippen LogP contribution >= 0.6 is 7.81 Å². The molecule has 0 radical (unpaired) electrons. The van der Waals surface area contributed by atoms with E-state index < -0.39 is 7.81 Å². The van der Waals surface area contributed by atoms with Crippen molar-refractivity contribution in [3.63, 3.8) is 0 Å². The van der Waals surface area contributed by atoms with E-state index in [1.807, 2.05) is 6.07 Å². The van der Waals surface area contributed by atoms with Gasteiger partial charge in [-0.25, -0.2) is 0 Å². The zero-order chi connectivity index (χ0) is 20.1. The first-order valence-electron chi connectivity index (χ1n) is 8.19. The molecule has 1 saturated heterocycles. The van der Waals surface area contributed by atoms with Crippen LogP contribution in [0.15, 0.2) is 18.2 Å². The van der Waals surface area contributed by atoms with Gasteiger partial charge < -0.3 is 9.47 Å². The van der Waals surface area contributed by atoms with Crippen molar-refractivity contribution in [2.45, 2.75) is 37.9 Å². The fourth-order valence-electron chi connectivity index (χ4n) is 2.76. The molecule has 0 N–H and O–H groups in total. The van der Waals surface area contributed by atoms with Crippen molar-refractivity contribution < 1.29 is 34.7 Å². The Morgan fingerprint density at radius 1 is 1.08 bits per heavy atom. The van der Waals surface area contributed by atoms with E-state index in [-0.39, 0.29) is 0 Å². The summed E-state index contributed by atoms with van der Waals surface area (Å²) in [4.78, 5) is 0. The summed E-state index contributed by atoms with van der Waals surface area (Å²) in [5.41, 5.74) is 1.39. The van der Waals surface area contributed by atoms with Crippen molar-refractivity contribution in [1.82, 2.24) is 0 Å². The van der Waals surface area contributed by atoms with Crippen LogP contribution < -0.4 is 9.47 Å². The van der Waals surface area contributed by atoms with Gasteiger partial charge >= 0.3 is 33.0 Å². The summed E-state index contributed by atoms with van der Waals surface area (Å²) in [7, 11) is -6.65. The average molecular weight is 426 g/mol. The van der Waals surface area contributed by atoms with E-state index >= 15 is 0 Å². The van der Waals surface area contributed by atoms with Gasteiger partial charge in [0, 0.05) is 18.1 Å². The monoisotopic (exact) mass is 426 g/mol. The van der Waals surface area contributed by atoms with E-state index in [1.165, 1.54) is 42.8 Å². The average Bonchev–Trinajstić information content (AvgIpc) is 2.97. The van der Waals surface area contributed by atoms with Crippen LogP contribution in [0.2, 0.25) is 0 Å². The summed E-state index contributed by atoms with van der Waals surface area (Å²) in [6.07, 6.45) is 5.34. The summed E-state index contributed by atoms with van der Waals surface area (Å²) >= 11 is 0. The first kappa shape index (κ1) is 23.2. The van der Waals surface area contributed by atoms with Gasteiger partial charge in [-0.2, -0.15) is 0 Å².